The maximum absolute atomic E-state index is 12.0. The highest BCUT2D eigenvalue weighted by atomic mass is 35.5. The Kier molecular flexibility index (Phi) is 4.97. The Morgan fingerprint density at radius 3 is 2.75 bits per heavy atom. The van der Waals surface area contributed by atoms with Crippen molar-refractivity contribution in [2.75, 3.05) is 16.4 Å². The molecule has 0 amide bonds. The monoisotopic (exact) mass is 314 g/mol. The van der Waals surface area contributed by atoms with E-state index in [0.29, 0.717) is 30.1 Å². The van der Waals surface area contributed by atoms with E-state index in [0.717, 1.165) is 0 Å². The van der Waals surface area contributed by atoms with E-state index >= 15 is 0 Å². The molecule has 0 atom stereocenters. The lowest BCUT2D eigenvalue weighted by molar-refractivity contribution is 0.598. The summed E-state index contributed by atoms with van der Waals surface area (Å²) in [6.45, 7) is 0. The third-order valence-electron chi connectivity index (χ3n) is 2.63. The number of halogens is 1. The lowest BCUT2D eigenvalue weighted by atomic mass is 10.3. The SMILES string of the molecule is O=S(=O)(CCCCCl)Nc1ccccc1-n1cncn1. The molecule has 2 aromatic rings. The zero-order chi connectivity index (χ0) is 14.4. The minimum atomic E-state index is -3.39. The number of hydrogen-bond acceptors (Lipinski definition) is 4. The minimum absolute atomic E-state index is 0.0470. The molecule has 0 fully saturated rings. The van der Waals surface area contributed by atoms with Crippen molar-refractivity contribution in [1.82, 2.24) is 14.8 Å². The maximum atomic E-state index is 12.0. The van der Waals surface area contributed by atoms with Gasteiger partial charge in [0.2, 0.25) is 10.0 Å². The molecular formula is C12H15ClN4O2S. The second-order valence-electron chi connectivity index (χ2n) is 4.17. The first-order chi connectivity index (χ1) is 9.62. The lowest BCUT2D eigenvalue weighted by Crippen LogP contribution is -2.18. The summed E-state index contributed by atoms with van der Waals surface area (Å²) in [6.07, 6.45) is 4.11. The molecule has 1 aromatic heterocycles. The van der Waals surface area contributed by atoms with Crippen LogP contribution in [-0.2, 0) is 10.0 Å². The number of unbranched alkanes of at least 4 members (excludes halogenated alkanes) is 1. The Balaban J connectivity index is 2.18. The molecule has 0 saturated carbocycles. The van der Waals surface area contributed by atoms with Crippen molar-refractivity contribution in [3.8, 4) is 5.69 Å². The molecule has 2 rings (SSSR count). The minimum Gasteiger partial charge on any atom is -0.281 e. The third-order valence-corrected chi connectivity index (χ3v) is 4.26. The van der Waals surface area contributed by atoms with Crippen molar-refractivity contribution < 1.29 is 8.42 Å². The quantitative estimate of drug-likeness (QED) is 0.626. The van der Waals surface area contributed by atoms with E-state index in [1.165, 1.54) is 17.3 Å². The Hall–Kier alpha value is -1.60. The zero-order valence-electron chi connectivity index (χ0n) is 10.7. The van der Waals surface area contributed by atoms with Crippen molar-refractivity contribution in [2.24, 2.45) is 0 Å². The van der Waals surface area contributed by atoms with Crippen molar-refractivity contribution in [3.05, 3.63) is 36.9 Å². The second-order valence-corrected chi connectivity index (χ2v) is 6.39. The van der Waals surface area contributed by atoms with Gasteiger partial charge in [-0.1, -0.05) is 12.1 Å². The Morgan fingerprint density at radius 1 is 1.25 bits per heavy atom. The van der Waals surface area contributed by atoms with Gasteiger partial charge < -0.3 is 0 Å². The molecule has 0 bridgehead atoms. The Labute approximate surface area is 122 Å². The van der Waals surface area contributed by atoms with E-state index in [1.54, 1.807) is 18.2 Å². The van der Waals surface area contributed by atoms with Crippen LogP contribution in [0, 0.1) is 0 Å². The zero-order valence-corrected chi connectivity index (χ0v) is 12.3. The van der Waals surface area contributed by atoms with Gasteiger partial charge in [-0.05, 0) is 25.0 Å². The predicted molar refractivity (Wildman–Crippen MR) is 78.7 cm³/mol. The molecule has 1 N–H and O–H groups in total. The van der Waals surface area contributed by atoms with Gasteiger partial charge in [-0.3, -0.25) is 4.72 Å². The highest BCUT2D eigenvalue weighted by molar-refractivity contribution is 7.92. The second kappa shape index (κ2) is 6.71. The van der Waals surface area contributed by atoms with E-state index in [1.807, 2.05) is 6.07 Å². The number of para-hydroxylation sites is 2. The summed E-state index contributed by atoms with van der Waals surface area (Å²) in [6, 6.07) is 7.03. The molecule has 0 unspecified atom stereocenters. The average Bonchev–Trinajstić information content (AvgIpc) is 2.93. The number of benzene rings is 1. The van der Waals surface area contributed by atoms with E-state index < -0.39 is 10.0 Å². The predicted octanol–water partition coefficient (Wildman–Crippen LogP) is 2.03. The van der Waals surface area contributed by atoms with Crippen molar-refractivity contribution >= 4 is 27.3 Å². The smallest absolute Gasteiger partial charge is 0.232 e. The van der Waals surface area contributed by atoms with Gasteiger partial charge in [0.05, 0.1) is 17.1 Å². The third kappa shape index (κ3) is 3.94. The summed E-state index contributed by atoms with van der Waals surface area (Å²) in [7, 11) is -3.39. The van der Waals surface area contributed by atoms with Gasteiger partial charge >= 0.3 is 0 Å². The van der Waals surface area contributed by atoms with Crippen LogP contribution in [0.15, 0.2) is 36.9 Å². The van der Waals surface area contributed by atoms with Gasteiger partial charge in [-0.25, -0.2) is 18.1 Å². The molecular weight excluding hydrogens is 300 g/mol. The molecule has 108 valence electrons. The standard InChI is InChI=1S/C12H15ClN4O2S/c13-7-3-4-8-20(18,19)16-11-5-1-2-6-12(11)17-10-14-9-15-17/h1-2,5-6,9-10,16H,3-4,7-8H2. The summed E-state index contributed by atoms with van der Waals surface area (Å²) < 4.78 is 28.1. The molecule has 6 nitrogen and oxygen atoms in total. The first-order valence-corrected chi connectivity index (χ1v) is 8.31. The molecule has 1 aromatic carbocycles. The van der Waals surface area contributed by atoms with Crippen LogP contribution in [-0.4, -0.2) is 34.8 Å². The fourth-order valence-electron chi connectivity index (χ4n) is 1.70. The number of alkyl halides is 1. The molecule has 0 aliphatic heterocycles. The van der Waals surface area contributed by atoms with Gasteiger partial charge in [0.1, 0.15) is 12.7 Å². The average molecular weight is 315 g/mol. The number of rotatable bonds is 7. The van der Waals surface area contributed by atoms with Crippen molar-refractivity contribution in [1.29, 1.82) is 0 Å². The van der Waals surface area contributed by atoms with Gasteiger partial charge in [0, 0.05) is 5.88 Å². The summed E-state index contributed by atoms with van der Waals surface area (Å²) in [5.74, 6) is 0.510. The highest BCUT2D eigenvalue weighted by Crippen LogP contribution is 2.20. The van der Waals surface area contributed by atoms with Gasteiger partial charge in [-0.15, -0.1) is 11.6 Å². The molecule has 8 heteroatoms. The summed E-state index contributed by atoms with van der Waals surface area (Å²) in [4.78, 5) is 3.86. The van der Waals surface area contributed by atoms with Crippen LogP contribution >= 0.6 is 11.6 Å². The van der Waals surface area contributed by atoms with Crippen LogP contribution in [0.3, 0.4) is 0 Å². The molecule has 0 aliphatic rings. The van der Waals surface area contributed by atoms with Gasteiger partial charge in [-0.2, -0.15) is 5.10 Å². The van der Waals surface area contributed by atoms with Crippen LogP contribution in [0.5, 0.6) is 0 Å². The van der Waals surface area contributed by atoms with Crippen LogP contribution in [0.2, 0.25) is 0 Å². The number of sulfonamides is 1. The van der Waals surface area contributed by atoms with Crippen LogP contribution < -0.4 is 4.72 Å². The van der Waals surface area contributed by atoms with Gasteiger partial charge in [0.15, 0.2) is 0 Å². The van der Waals surface area contributed by atoms with Gasteiger partial charge in [0.25, 0.3) is 0 Å². The van der Waals surface area contributed by atoms with E-state index in [9.17, 15) is 8.42 Å². The number of nitrogens with one attached hydrogen (secondary N) is 1. The number of aromatic nitrogens is 3. The van der Waals surface area contributed by atoms with E-state index in [2.05, 4.69) is 14.8 Å². The molecule has 0 aliphatic carbocycles. The fourth-order valence-corrected chi connectivity index (χ4v) is 3.08. The molecule has 20 heavy (non-hydrogen) atoms. The highest BCUT2D eigenvalue weighted by Gasteiger charge is 2.13. The van der Waals surface area contributed by atoms with Crippen molar-refractivity contribution in [2.45, 2.75) is 12.8 Å². The molecule has 0 spiro atoms. The number of hydrogen-bond donors (Lipinski definition) is 1. The largest absolute Gasteiger partial charge is 0.281 e. The fraction of sp³-hybridized carbons (Fsp3) is 0.333. The normalized spacial score (nSPS) is 11.4. The molecule has 0 radical (unpaired) electrons. The topological polar surface area (TPSA) is 76.9 Å². The number of anilines is 1. The summed E-state index contributed by atoms with van der Waals surface area (Å²) >= 11 is 5.55. The summed E-state index contributed by atoms with van der Waals surface area (Å²) in [5, 5.41) is 4.01. The first-order valence-electron chi connectivity index (χ1n) is 6.13. The molecule has 1 heterocycles. The first kappa shape index (κ1) is 14.8. The van der Waals surface area contributed by atoms with Crippen LogP contribution in [0.1, 0.15) is 12.8 Å². The van der Waals surface area contributed by atoms with Crippen LogP contribution in [0.25, 0.3) is 5.69 Å². The summed E-state index contributed by atoms with van der Waals surface area (Å²) in [5.41, 5.74) is 1.11. The van der Waals surface area contributed by atoms with E-state index in [-0.39, 0.29) is 5.75 Å². The van der Waals surface area contributed by atoms with Crippen molar-refractivity contribution in [3.63, 3.8) is 0 Å². The van der Waals surface area contributed by atoms with E-state index in [4.69, 9.17) is 11.6 Å². The maximum Gasteiger partial charge on any atom is 0.232 e. The number of nitrogens with zero attached hydrogens (tertiary/aromatic N) is 3. The Bertz CT molecular complexity index is 643. The van der Waals surface area contributed by atoms with Crippen LogP contribution in [0.4, 0.5) is 5.69 Å². The lowest BCUT2D eigenvalue weighted by Gasteiger charge is -2.11. The molecule has 0 saturated heterocycles. The Morgan fingerprint density at radius 2 is 2.05 bits per heavy atom.